The molecule has 3 aromatic rings. The second-order valence-electron chi connectivity index (χ2n) is 4.35. The molecule has 0 amide bonds. The molecule has 3 rings (SSSR count). The molecule has 21 heavy (non-hydrogen) atoms. The predicted molar refractivity (Wildman–Crippen MR) is 87.3 cm³/mol. The number of nitro benzene ring substituents is 1. The Morgan fingerprint density at radius 1 is 1.10 bits per heavy atom. The van der Waals surface area contributed by atoms with Crippen LogP contribution in [0.3, 0.4) is 0 Å². The summed E-state index contributed by atoms with van der Waals surface area (Å²) in [7, 11) is 0. The first-order valence-corrected chi connectivity index (χ1v) is 7.77. The van der Waals surface area contributed by atoms with Gasteiger partial charge in [-0.05, 0) is 24.3 Å². The Morgan fingerprint density at radius 3 is 2.52 bits per heavy atom. The lowest BCUT2D eigenvalue weighted by Crippen LogP contribution is -1.87. The van der Waals surface area contributed by atoms with Crippen LogP contribution < -0.4 is 0 Å². The molecule has 0 aliphatic carbocycles. The molecular weight excluding hydrogens is 352 g/mol. The highest BCUT2D eigenvalue weighted by atomic mass is 79.9. The summed E-state index contributed by atoms with van der Waals surface area (Å²) in [6.07, 6.45) is 0. The Bertz CT molecular complexity index is 799. The van der Waals surface area contributed by atoms with Crippen molar-refractivity contribution in [3.05, 3.63) is 68.5 Å². The standard InChI is InChI=1S/C15H9BrN2O2S/c16-12-3-1-2-11(8-12)14-9-21-15(17-14)10-4-6-13(7-5-10)18(19)20/h1-9H. The summed E-state index contributed by atoms with van der Waals surface area (Å²) in [4.78, 5) is 14.8. The van der Waals surface area contributed by atoms with Crippen LogP contribution in [0.4, 0.5) is 5.69 Å². The van der Waals surface area contributed by atoms with Crippen molar-refractivity contribution in [1.29, 1.82) is 0 Å². The molecule has 0 N–H and O–H groups in total. The zero-order valence-corrected chi connectivity index (χ0v) is 13.1. The minimum absolute atomic E-state index is 0.0857. The summed E-state index contributed by atoms with van der Waals surface area (Å²) < 4.78 is 1.00. The third kappa shape index (κ3) is 3.01. The maximum atomic E-state index is 10.7. The van der Waals surface area contributed by atoms with Gasteiger partial charge >= 0.3 is 0 Å². The first-order chi connectivity index (χ1) is 10.1. The van der Waals surface area contributed by atoms with Gasteiger partial charge in [-0.25, -0.2) is 4.98 Å². The maximum Gasteiger partial charge on any atom is 0.269 e. The van der Waals surface area contributed by atoms with E-state index >= 15 is 0 Å². The lowest BCUT2D eigenvalue weighted by Gasteiger charge is -1.98. The fourth-order valence-electron chi connectivity index (χ4n) is 1.91. The van der Waals surface area contributed by atoms with Gasteiger partial charge in [0.1, 0.15) is 5.01 Å². The molecule has 0 saturated heterocycles. The van der Waals surface area contributed by atoms with Gasteiger partial charge in [0, 0.05) is 33.1 Å². The van der Waals surface area contributed by atoms with Crippen molar-refractivity contribution < 1.29 is 4.92 Å². The quantitative estimate of drug-likeness (QED) is 0.479. The van der Waals surface area contributed by atoms with E-state index in [1.807, 2.05) is 29.6 Å². The average molecular weight is 361 g/mol. The Kier molecular flexibility index (Phi) is 3.81. The molecule has 0 bridgehead atoms. The van der Waals surface area contributed by atoms with Crippen LogP contribution in [-0.4, -0.2) is 9.91 Å². The smallest absolute Gasteiger partial charge is 0.258 e. The molecule has 0 atom stereocenters. The molecule has 0 fully saturated rings. The summed E-state index contributed by atoms with van der Waals surface area (Å²) in [5.74, 6) is 0. The van der Waals surface area contributed by atoms with Crippen molar-refractivity contribution >= 4 is 33.0 Å². The Balaban J connectivity index is 1.93. The van der Waals surface area contributed by atoms with Crippen LogP contribution in [0.25, 0.3) is 21.8 Å². The maximum absolute atomic E-state index is 10.7. The molecule has 0 saturated carbocycles. The molecule has 0 aliphatic heterocycles. The number of hydrogen-bond donors (Lipinski definition) is 0. The van der Waals surface area contributed by atoms with Crippen molar-refractivity contribution in [1.82, 2.24) is 4.98 Å². The topological polar surface area (TPSA) is 56.0 Å². The van der Waals surface area contributed by atoms with Crippen LogP contribution in [0.1, 0.15) is 0 Å². The number of thiazole rings is 1. The van der Waals surface area contributed by atoms with Gasteiger partial charge in [-0.3, -0.25) is 10.1 Å². The lowest BCUT2D eigenvalue weighted by molar-refractivity contribution is -0.384. The van der Waals surface area contributed by atoms with Crippen molar-refractivity contribution in [3.8, 4) is 21.8 Å². The summed E-state index contributed by atoms with van der Waals surface area (Å²) in [5.41, 5.74) is 2.90. The normalized spacial score (nSPS) is 10.5. The van der Waals surface area contributed by atoms with Gasteiger partial charge in [0.25, 0.3) is 5.69 Å². The molecule has 2 aromatic carbocycles. The first kappa shape index (κ1) is 13.9. The number of rotatable bonds is 3. The molecule has 0 aliphatic rings. The van der Waals surface area contributed by atoms with E-state index in [0.29, 0.717) is 0 Å². The number of non-ortho nitro benzene ring substituents is 1. The fourth-order valence-corrected chi connectivity index (χ4v) is 3.15. The fraction of sp³-hybridized carbons (Fsp3) is 0. The van der Waals surface area contributed by atoms with Gasteiger partial charge < -0.3 is 0 Å². The lowest BCUT2D eigenvalue weighted by atomic mass is 10.2. The molecule has 0 radical (unpaired) electrons. The van der Waals surface area contributed by atoms with Gasteiger partial charge in [0.05, 0.1) is 10.6 Å². The Labute approximate surface area is 133 Å². The second kappa shape index (κ2) is 5.75. The van der Waals surface area contributed by atoms with E-state index in [4.69, 9.17) is 0 Å². The van der Waals surface area contributed by atoms with E-state index in [-0.39, 0.29) is 5.69 Å². The van der Waals surface area contributed by atoms with Gasteiger partial charge in [-0.15, -0.1) is 11.3 Å². The van der Waals surface area contributed by atoms with Crippen molar-refractivity contribution in [2.45, 2.75) is 0 Å². The van der Waals surface area contributed by atoms with E-state index in [1.165, 1.54) is 23.5 Å². The minimum atomic E-state index is -0.404. The number of nitrogens with zero attached hydrogens (tertiary/aromatic N) is 2. The van der Waals surface area contributed by atoms with Crippen molar-refractivity contribution in [2.24, 2.45) is 0 Å². The Morgan fingerprint density at radius 2 is 1.86 bits per heavy atom. The van der Waals surface area contributed by atoms with Crippen molar-refractivity contribution in [3.63, 3.8) is 0 Å². The van der Waals surface area contributed by atoms with Gasteiger partial charge in [0.2, 0.25) is 0 Å². The van der Waals surface area contributed by atoms with E-state index in [1.54, 1.807) is 12.1 Å². The summed E-state index contributed by atoms with van der Waals surface area (Å²) in [6, 6.07) is 14.4. The van der Waals surface area contributed by atoms with E-state index in [0.717, 1.165) is 26.3 Å². The average Bonchev–Trinajstić information content (AvgIpc) is 2.97. The Hall–Kier alpha value is -2.05. The SMILES string of the molecule is O=[N+]([O-])c1ccc(-c2nc(-c3cccc(Br)c3)cs2)cc1. The molecule has 1 heterocycles. The molecule has 104 valence electrons. The number of halogens is 1. The number of nitro groups is 1. The van der Waals surface area contributed by atoms with Gasteiger partial charge in [-0.2, -0.15) is 0 Å². The van der Waals surface area contributed by atoms with E-state index in [9.17, 15) is 10.1 Å². The zero-order valence-electron chi connectivity index (χ0n) is 10.7. The number of benzene rings is 2. The van der Waals surface area contributed by atoms with Gasteiger partial charge in [0.15, 0.2) is 0 Å². The molecular formula is C15H9BrN2O2S. The van der Waals surface area contributed by atoms with Crippen LogP contribution in [0.15, 0.2) is 58.4 Å². The molecule has 0 spiro atoms. The third-order valence-corrected chi connectivity index (χ3v) is 4.33. The number of hydrogen-bond acceptors (Lipinski definition) is 4. The monoisotopic (exact) mass is 360 g/mol. The molecule has 4 nitrogen and oxygen atoms in total. The molecule has 1 aromatic heterocycles. The summed E-state index contributed by atoms with van der Waals surface area (Å²) in [6.45, 7) is 0. The third-order valence-electron chi connectivity index (χ3n) is 2.95. The summed E-state index contributed by atoms with van der Waals surface area (Å²) >= 11 is 4.97. The van der Waals surface area contributed by atoms with Crippen molar-refractivity contribution in [2.75, 3.05) is 0 Å². The minimum Gasteiger partial charge on any atom is -0.258 e. The highest BCUT2D eigenvalue weighted by molar-refractivity contribution is 9.10. The highest BCUT2D eigenvalue weighted by Crippen LogP contribution is 2.30. The summed E-state index contributed by atoms with van der Waals surface area (Å²) in [5, 5.41) is 13.5. The zero-order chi connectivity index (χ0) is 14.8. The highest BCUT2D eigenvalue weighted by Gasteiger charge is 2.09. The van der Waals surface area contributed by atoms with E-state index < -0.39 is 4.92 Å². The van der Waals surface area contributed by atoms with Gasteiger partial charge in [-0.1, -0.05) is 28.1 Å². The van der Waals surface area contributed by atoms with E-state index in [2.05, 4.69) is 20.9 Å². The largest absolute Gasteiger partial charge is 0.269 e. The molecule has 6 heteroatoms. The van der Waals surface area contributed by atoms with Crippen LogP contribution in [0, 0.1) is 10.1 Å². The number of aromatic nitrogens is 1. The second-order valence-corrected chi connectivity index (χ2v) is 6.13. The molecule has 0 unspecified atom stereocenters. The predicted octanol–water partition coefficient (Wildman–Crippen LogP) is 5.15. The van der Waals surface area contributed by atoms with Crippen LogP contribution in [0.5, 0.6) is 0 Å². The first-order valence-electron chi connectivity index (χ1n) is 6.10. The van der Waals surface area contributed by atoms with Crippen LogP contribution in [0.2, 0.25) is 0 Å². The van der Waals surface area contributed by atoms with Crippen LogP contribution >= 0.6 is 27.3 Å². The van der Waals surface area contributed by atoms with Crippen LogP contribution in [-0.2, 0) is 0 Å².